The highest BCUT2D eigenvalue weighted by Crippen LogP contribution is 2.21. The van der Waals surface area contributed by atoms with E-state index in [4.69, 9.17) is 4.84 Å². The highest BCUT2D eigenvalue weighted by atomic mass is 16.7. The van der Waals surface area contributed by atoms with E-state index in [-0.39, 0.29) is 0 Å². The Hall–Kier alpha value is -4.52. The summed E-state index contributed by atoms with van der Waals surface area (Å²) < 4.78 is 0. The van der Waals surface area contributed by atoms with E-state index in [0.29, 0.717) is 17.1 Å². The van der Waals surface area contributed by atoms with Crippen LogP contribution in [0, 0.1) is 0 Å². The van der Waals surface area contributed by atoms with E-state index in [1.807, 2.05) is 60.7 Å². The first-order valence-corrected chi connectivity index (χ1v) is 9.45. The third kappa shape index (κ3) is 4.56. The predicted molar refractivity (Wildman–Crippen MR) is 117 cm³/mol. The van der Waals surface area contributed by atoms with Crippen LogP contribution in [0.5, 0.6) is 0 Å². The van der Waals surface area contributed by atoms with Gasteiger partial charge in [-0.1, -0.05) is 65.8 Å². The molecule has 3 amide bonds. The smallest absolute Gasteiger partial charge is 0.297 e. The van der Waals surface area contributed by atoms with Gasteiger partial charge in [-0.25, -0.2) is 9.69 Å². The van der Waals surface area contributed by atoms with Crippen LogP contribution < -0.4 is 10.2 Å². The van der Waals surface area contributed by atoms with E-state index in [0.717, 1.165) is 16.0 Å². The minimum Gasteiger partial charge on any atom is -0.297 e. The van der Waals surface area contributed by atoms with Gasteiger partial charge < -0.3 is 0 Å². The molecular formula is C24H17N3O4. The number of nitrogens with zero attached hydrogens (tertiary/aromatic N) is 2. The molecule has 31 heavy (non-hydrogen) atoms. The molecule has 0 bridgehead atoms. The fraction of sp³-hybridized carbons (Fsp3) is 0. The molecule has 3 aromatic rings. The molecule has 0 unspecified atom stereocenters. The zero-order chi connectivity index (χ0) is 21.6. The summed E-state index contributed by atoms with van der Waals surface area (Å²) in [6.07, 6.45) is 1.65. The topological polar surface area (TPSA) is 88.1 Å². The molecule has 0 saturated carbocycles. The monoisotopic (exact) mass is 411 g/mol. The van der Waals surface area contributed by atoms with E-state index in [2.05, 4.69) is 10.5 Å². The summed E-state index contributed by atoms with van der Waals surface area (Å²) >= 11 is 0. The molecule has 0 atom stereocenters. The van der Waals surface area contributed by atoms with Gasteiger partial charge in [-0.05, 0) is 24.3 Å². The first-order chi connectivity index (χ1) is 15.1. The number of hydrogen-bond donors (Lipinski definition) is 1. The van der Waals surface area contributed by atoms with Crippen molar-refractivity contribution >= 4 is 35.0 Å². The maximum absolute atomic E-state index is 12.3. The number of imide groups is 1. The van der Waals surface area contributed by atoms with E-state index in [1.54, 1.807) is 24.3 Å². The molecule has 1 N–H and O–H groups in total. The number of carbonyl (C=O) groups excluding carboxylic acids is 3. The van der Waals surface area contributed by atoms with Crippen LogP contribution in [-0.4, -0.2) is 23.6 Å². The molecule has 7 nitrogen and oxygen atoms in total. The summed E-state index contributed by atoms with van der Waals surface area (Å²) in [4.78, 5) is 41.9. The highest BCUT2D eigenvalue weighted by molar-refractivity contribution is 6.28. The van der Waals surface area contributed by atoms with Gasteiger partial charge in [-0.2, -0.15) is 0 Å². The van der Waals surface area contributed by atoms with Crippen molar-refractivity contribution < 1.29 is 19.2 Å². The van der Waals surface area contributed by atoms with E-state index in [1.165, 1.54) is 12.2 Å². The summed E-state index contributed by atoms with van der Waals surface area (Å²) in [5, 5.41) is 6.63. The molecule has 1 heterocycles. The Morgan fingerprint density at radius 1 is 0.742 bits per heavy atom. The van der Waals surface area contributed by atoms with Gasteiger partial charge in [0.2, 0.25) is 0 Å². The van der Waals surface area contributed by atoms with Gasteiger partial charge in [0.15, 0.2) is 0 Å². The van der Waals surface area contributed by atoms with E-state index >= 15 is 0 Å². The zero-order valence-electron chi connectivity index (χ0n) is 16.3. The first-order valence-electron chi connectivity index (χ1n) is 9.45. The number of anilines is 2. The fourth-order valence-electron chi connectivity index (χ4n) is 3.04. The number of amides is 3. The molecule has 1 aliphatic heterocycles. The summed E-state index contributed by atoms with van der Waals surface area (Å²) in [6, 6.07) is 25.0. The second-order valence-corrected chi connectivity index (χ2v) is 6.57. The average Bonchev–Trinajstić information content (AvgIpc) is 3.14. The summed E-state index contributed by atoms with van der Waals surface area (Å²) in [7, 11) is 0. The molecule has 3 aromatic carbocycles. The van der Waals surface area contributed by atoms with Gasteiger partial charge >= 0.3 is 6.09 Å². The molecule has 0 saturated heterocycles. The van der Waals surface area contributed by atoms with Crippen LogP contribution in [-0.2, 0) is 14.4 Å². The van der Waals surface area contributed by atoms with E-state index < -0.39 is 17.9 Å². The van der Waals surface area contributed by atoms with Gasteiger partial charge in [0.1, 0.15) is 5.71 Å². The van der Waals surface area contributed by atoms with Crippen molar-refractivity contribution in [1.82, 2.24) is 0 Å². The third-order valence-electron chi connectivity index (χ3n) is 4.50. The minimum atomic E-state index is -0.771. The van der Waals surface area contributed by atoms with Gasteiger partial charge in [0, 0.05) is 29.0 Å². The van der Waals surface area contributed by atoms with Crippen LogP contribution in [0.25, 0.3) is 0 Å². The summed E-state index contributed by atoms with van der Waals surface area (Å²) in [6.45, 7) is 0. The number of hydrogen-bond acceptors (Lipinski definition) is 5. The Morgan fingerprint density at radius 3 is 1.77 bits per heavy atom. The van der Waals surface area contributed by atoms with Crippen LogP contribution in [0.4, 0.5) is 16.2 Å². The number of benzene rings is 3. The number of rotatable bonds is 5. The number of oxime groups is 1. The number of nitrogens with one attached hydrogen (secondary N) is 1. The van der Waals surface area contributed by atoms with Gasteiger partial charge in [0.25, 0.3) is 11.8 Å². The SMILES string of the molecule is O=C(Nc1ccc(N2C(=O)C=CC2=O)cc1)ON=C(c1ccccc1)c1ccccc1. The molecule has 0 aromatic heterocycles. The maximum Gasteiger partial charge on any atom is 0.437 e. The van der Waals surface area contributed by atoms with Crippen LogP contribution >= 0.6 is 0 Å². The molecule has 7 heteroatoms. The molecule has 0 aliphatic carbocycles. The Morgan fingerprint density at radius 2 is 1.26 bits per heavy atom. The third-order valence-corrected chi connectivity index (χ3v) is 4.50. The average molecular weight is 411 g/mol. The second kappa shape index (κ2) is 8.87. The van der Waals surface area contributed by atoms with Crippen molar-refractivity contribution in [1.29, 1.82) is 0 Å². The predicted octanol–water partition coefficient (Wildman–Crippen LogP) is 4.12. The van der Waals surface area contributed by atoms with Gasteiger partial charge in [-0.3, -0.25) is 19.7 Å². The molecule has 0 spiro atoms. The van der Waals surface area contributed by atoms with Crippen molar-refractivity contribution in [3.63, 3.8) is 0 Å². The van der Waals surface area contributed by atoms with Crippen LogP contribution in [0.2, 0.25) is 0 Å². The number of carbonyl (C=O) groups is 3. The van der Waals surface area contributed by atoms with Crippen molar-refractivity contribution in [2.45, 2.75) is 0 Å². The normalized spacial score (nSPS) is 12.6. The Labute approximate surface area is 178 Å². The molecule has 0 radical (unpaired) electrons. The quantitative estimate of drug-likeness (QED) is 0.296. The highest BCUT2D eigenvalue weighted by Gasteiger charge is 2.24. The lowest BCUT2D eigenvalue weighted by Crippen LogP contribution is -2.29. The molecular weight excluding hydrogens is 394 g/mol. The van der Waals surface area contributed by atoms with E-state index in [9.17, 15) is 14.4 Å². The van der Waals surface area contributed by atoms with Crippen molar-refractivity contribution in [3.8, 4) is 0 Å². The largest absolute Gasteiger partial charge is 0.437 e. The molecule has 152 valence electrons. The van der Waals surface area contributed by atoms with Gasteiger partial charge in [0.05, 0.1) is 5.69 Å². The van der Waals surface area contributed by atoms with Crippen molar-refractivity contribution in [2.75, 3.05) is 10.2 Å². The maximum atomic E-state index is 12.3. The van der Waals surface area contributed by atoms with Crippen LogP contribution in [0.1, 0.15) is 11.1 Å². The van der Waals surface area contributed by atoms with Crippen LogP contribution in [0.15, 0.2) is 102 Å². The van der Waals surface area contributed by atoms with Crippen LogP contribution in [0.3, 0.4) is 0 Å². The first kappa shape index (κ1) is 19.8. The molecule has 4 rings (SSSR count). The minimum absolute atomic E-state index is 0.409. The fourth-order valence-corrected chi connectivity index (χ4v) is 3.04. The Balaban J connectivity index is 1.46. The molecule has 1 aliphatic rings. The summed E-state index contributed by atoms with van der Waals surface area (Å²) in [5.74, 6) is -0.817. The lowest BCUT2D eigenvalue weighted by atomic mass is 10.0. The lowest BCUT2D eigenvalue weighted by Gasteiger charge is -2.14. The Kier molecular flexibility index (Phi) is 5.66. The standard InChI is InChI=1S/C24H17N3O4/c28-21-15-16-22(29)27(21)20-13-11-19(12-14-20)25-24(30)31-26-23(17-7-3-1-4-8-17)18-9-5-2-6-10-18/h1-16H,(H,25,30). The lowest BCUT2D eigenvalue weighted by molar-refractivity contribution is -0.119. The second-order valence-electron chi connectivity index (χ2n) is 6.57. The zero-order valence-corrected chi connectivity index (χ0v) is 16.3. The Bertz CT molecular complexity index is 1110. The van der Waals surface area contributed by atoms with Crippen molar-refractivity contribution in [2.24, 2.45) is 5.16 Å². The van der Waals surface area contributed by atoms with Gasteiger partial charge in [-0.15, -0.1) is 0 Å². The molecule has 0 fully saturated rings. The summed E-state index contributed by atoms with van der Waals surface area (Å²) in [5.41, 5.74) is 2.97. The van der Waals surface area contributed by atoms with Crippen molar-refractivity contribution in [3.05, 3.63) is 108 Å².